The monoisotopic (exact) mass is 279 g/mol. The minimum absolute atomic E-state index is 0.303. The maximum Gasteiger partial charge on any atom is 0.514 e. The molecule has 0 fully saturated rings. The van der Waals surface area contributed by atoms with E-state index in [1.54, 1.807) is 21.3 Å². The SMILES string of the molecule is CO[Si](CN(C)[Si](C)(C)C(C)(C)C)(OC)OC. The lowest BCUT2D eigenvalue weighted by Crippen LogP contribution is -2.61. The topological polar surface area (TPSA) is 30.9 Å². The standard InChI is InChI=1S/C11H29NO3Si2/c1-11(2,3)16(8,9)12(4)10-17(13-5,14-6)15-7/h10H2,1-9H3. The molecule has 104 valence electrons. The highest BCUT2D eigenvalue weighted by Gasteiger charge is 2.46. The molecule has 0 aliphatic heterocycles. The Morgan fingerprint density at radius 1 is 0.941 bits per heavy atom. The molecule has 0 rings (SSSR count). The summed E-state index contributed by atoms with van der Waals surface area (Å²) in [4.78, 5) is 0. The van der Waals surface area contributed by atoms with E-state index in [0.29, 0.717) is 5.04 Å². The van der Waals surface area contributed by atoms with Gasteiger partial charge < -0.3 is 17.8 Å². The summed E-state index contributed by atoms with van der Waals surface area (Å²) < 4.78 is 18.9. The molecule has 0 N–H and O–H groups in total. The molecule has 0 atom stereocenters. The van der Waals surface area contributed by atoms with Crippen LogP contribution in [-0.2, 0) is 13.3 Å². The van der Waals surface area contributed by atoms with Crippen molar-refractivity contribution in [2.45, 2.75) is 38.9 Å². The van der Waals surface area contributed by atoms with Crippen LogP contribution in [0.2, 0.25) is 18.1 Å². The van der Waals surface area contributed by atoms with Gasteiger partial charge in [0.1, 0.15) is 8.24 Å². The van der Waals surface area contributed by atoms with Crippen molar-refractivity contribution in [2.75, 3.05) is 34.5 Å². The minimum Gasteiger partial charge on any atom is -0.376 e. The molecule has 0 aromatic carbocycles. The van der Waals surface area contributed by atoms with Crippen molar-refractivity contribution in [3.8, 4) is 0 Å². The fraction of sp³-hybridized carbons (Fsp3) is 1.00. The highest BCUT2D eigenvalue weighted by atomic mass is 28.4. The van der Waals surface area contributed by atoms with Gasteiger partial charge in [0.2, 0.25) is 0 Å². The Labute approximate surface area is 109 Å². The molecule has 0 aromatic rings. The summed E-state index contributed by atoms with van der Waals surface area (Å²) in [6.07, 6.45) is 0.743. The average Bonchev–Trinajstić information content (AvgIpc) is 2.24. The Balaban J connectivity index is 4.90. The summed E-state index contributed by atoms with van der Waals surface area (Å²) in [6, 6.07) is 0. The predicted molar refractivity (Wildman–Crippen MR) is 76.6 cm³/mol. The van der Waals surface area contributed by atoms with Crippen LogP contribution in [0.25, 0.3) is 0 Å². The molecule has 0 unspecified atom stereocenters. The van der Waals surface area contributed by atoms with Crippen molar-refractivity contribution >= 4 is 17.0 Å². The Morgan fingerprint density at radius 3 is 1.53 bits per heavy atom. The molecule has 0 radical (unpaired) electrons. The van der Waals surface area contributed by atoms with Gasteiger partial charge in [-0.05, 0) is 12.1 Å². The van der Waals surface area contributed by atoms with E-state index in [0.717, 1.165) is 6.17 Å². The van der Waals surface area contributed by atoms with Gasteiger partial charge in [0.25, 0.3) is 0 Å². The van der Waals surface area contributed by atoms with Crippen LogP contribution in [-0.4, -0.2) is 56.2 Å². The van der Waals surface area contributed by atoms with Gasteiger partial charge in [-0.15, -0.1) is 0 Å². The van der Waals surface area contributed by atoms with Gasteiger partial charge in [-0.1, -0.05) is 33.9 Å². The zero-order chi connectivity index (χ0) is 13.9. The lowest BCUT2D eigenvalue weighted by atomic mass is 10.2. The minimum atomic E-state index is -2.51. The maximum absolute atomic E-state index is 5.49. The zero-order valence-corrected chi connectivity index (χ0v) is 14.9. The predicted octanol–water partition coefficient (Wildman–Crippen LogP) is 2.34. The summed E-state index contributed by atoms with van der Waals surface area (Å²) in [5.41, 5.74) is 0. The van der Waals surface area contributed by atoms with Gasteiger partial charge in [0.15, 0.2) is 0 Å². The van der Waals surface area contributed by atoms with E-state index in [4.69, 9.17) is 13.3 Å². The smallest absolute Gasteiger partial charge is 0.376 e. The van der Waals surface area contributed by atoms with E-state index in [9.17, 15) is 0 Å². The normalized spacial score (nSPS) is 14.5. The van der Waals surface area contributed by atoms with Gasteiger partial charge >= 0.3 is 8.80 Å². The molecule has 0 aromatic heterocycles. The van der Waals surface area contributed by atoms with Gasteiger partial charge in [-0.25, -0.2) is 0 Å². The van der Waals surface area contributed by atoms with Crippen LogP contribution in [0.4, 0.5) is 0 Å². The second kappa shape index (κ2) is 5.94. The summed E-state index contributed by atoms with van der Waals surface area (Å²) in [7, 11) is 3.10. The van der Waals surface area contributed by atoms with E-state index >= 15 is 0 Å². The lowest BCUT2D eigenvalue weighted by Gasteiger charge is -2.45. The van der Waals surface area contributed by atoms with Crippen LogP contribution < -0.4 is 0 Å². The van der Waals surface area contributed by atoms with Gasteiger partial charge in [0, 0.05) is 21.3 Å². The zero-order valence-electron chi connectivity index (χ0n) is 12.9. The second-order valence-electron chi connectivity index (χ2n) is 5.96. The largest absolute Gasteiger partial charge is 0.514 e. The first-order valence-electron chi connectivity index (χ1n) is 5.93. The highest BCUT2D eigenvalue weighted by molar-refractivity contribution is 6.78. The molecule has 17 heavy (non-hydrogen) atoms. The third-order valence-electron chi connectivity index (χ3n) is 4.15. The van der Waals surface area contributed by atoms with Crippen molar-refractivity contribution in [2.24, 2.45) is 0 Å². The molecular formula is C11H29NO3Si2. The molecule has 0 aliphatic rings. The molecule has 0 aliphatic carbocycles. The van der Waals surface area contributed by atoms with Crippen LogP contribution >= 0.6 is 0 Å². The summed E-state index contributed by atoms with van der Waals surface area (Å²) in [5, 5.41) is 0.303. The molecule has 0 heterocycles. The third kappa shape index (κ3) is 3.87. The molecule has 0 amide bonds. The van der Waals surface area contributed by atoms with Gasteiger partial charge in [0.05, 0.1) is 6.17 Å². The van der Waals surface area contributed by atoms with E-state index in [1.807, 2.05) is 0 Å². The molecular weight excluding hydrogens is 250 g/mol. The first-order valence-corrected chi connectivity index (χ1v) is 10.8. The van der Waals surface area contributed by atoms with Crippen LogP contribution in [0, 0.1) is 0 Å². The maximum atomic E-state index is 5.49. The third-order valence-corrected chi connectivity index (χ3v) is 12.9. The van der Waals surface area contributed by atoms with E-state index < -0.39 is 17.0 Å². The van der Waals surface area contributed by atoms with E-state index in [1.165, 1.54) is 0 Å². The second-order valence-corrected chi connectivity index (χ2v) is 14.2. The average molecular weight is 280 g/mol. The Kier molecular flexibility index (Phi) is 6.04. The van der Waals surface area contributed by atoms with Crippen LogP contribution in [0.5, 0.6) is 0 Å². The Hall–Kier alpha value is 0.274. The number of hydrogen-bond donors (Lipinski definition) is 0. The number of rotatable bonds is 6. The van der Waals surface area contributed by atoms with Crippen molar-refractivity contribution in [1.82, 2.24) is 4.57 Å². The van der Waals surface area contributed by atoms with E-state index in [-0.39, 0.29) is 0 Å². The quantitative estimate of drug-likeness (QED) is 0.698. The van der Waals surface area contributed by atoms with Gasteiger partial charge in [-0.3, -0.25) is 0 Å². The Bertz CT molecular complexity index is 229. The fourth-order valence-electron chi connectivity index (χ4n) is 1.50. The van der Waals surface area contributed by atoms with E-state index in [2.05, 4.69) is 45.5 Å². The molecule has 4 nitrogen and oxygen atoms in total. The van der Waals surface area contributed by atoms with Crippen molar-refractivity contribution in [3.63, 3.8) is 0 Å². The number of nitrogens with zero attached hydrogens (tertiary/aromatic N) is 1. The van der Waals surface area contributed by atoms with Crippen LogP contribution in [0.3, 0.4) is 0 Å². The number of hydrogen-bond acceptors (Lipinski definition) is 4. The molecule has 0 spiro atoms. The highest BCUT2D eigenvalue weighted by Crippen LogP contribution is 2.37. The molecule has 0 bridgehead atoms. The first kappa shape index (κ1) is 17.3. The molecule has 0 saturated carbocycles. The summed E-state index contributed by atoms with van der Waals surface area (Å²) in [5.74, 6) is 0. The first-order chi connectivity index (χ1) is 7.56. The van der Waals surface area contributed by atoms with Crippen molar-refractivity contribution in [1.29, 1.82) is 0 Å². The summed E-state index contributed by atoms with van der Waals surface area (Å²) >= 11 is 0. The molecule has 6 heteroatoms. The van der Waals surface area contributed by atoms with Crippen molar-refractivity contribution in [3.05, 3.63) is 0 Å². The summed E-state index contributed by atoms with van der Waals surface area (Å²) in [6.45, 7) is 11.6. The lowest BCUT2D eigenvalue weighted by molar-refractivity contribution is 0.115. The van der Waals surface area contributed by atoms with Crippen molar-refractivity contribution < 1.29 is 13.3 Å². The van der Waals surface area contributed by atoms with Crippen LogP contribution in [0.1, 0.15) is 20.8 Å². The fourth-order valence-corrected chi connectivity index (χ4v) is 6.28. The Morgan fingerprint density at radius 2 is 1.29 bits per heavy atom. The molecule has 0 saturated heterocycles. The van der Waals surface area contributed by atoms with Gasteiger partial charge in [-0.2, -0.15) is 0 Å². The van der Waals surface area contributed by atoms with Crippen LogP contribution in [0.15, 0.2) is 0 Å².